The highest BCUT2D eigenvalue weighted by Gasteiger charge is 2.21. The largest absolute Gasteiger partial charge is 0.493 e. The summed E-state index contributed by atoms with van der Waals surface area (Å²) in [7, 11) is 3.17. The van der Waals surface area contributed by atoms with E-state index in [1.165, 1.54) is 11.8 Å². The maximum atomic E-state index is 12.2. The summed E-state index contributed by atoms with van der Waals surface area (Å²) in [6, 6.07) is 12.9. The van der Waals surface area contributed by atoms with Crippen molar-refractivity contribution in [3.05, 3.63) is 42.5 Å². The number of carbonyl (C=O) groups is 2. The van der Waals surface area contributed by atoms with E-state index in [9.17, 15) is 9.59 Å². The lowest BCUT2D eigenvalue weighted by molar-refractivity contribution is -0.117. The molecule has 0 saturated carbocycles. The summed E-state index contributed by atoms with van der Waals surface area (Å²) in [5, 5.41) is 2.87. The highest BCUT2D eigenvalue weighted by atomic mass is 32.2. The molecular formula is C20H22N2O4S. The van der Waals surface area contributed by atoms with Crippen LogP contribution in [0.25, 0.3) is 0 Å². The average molecular weight is 386 g/mol. The summed E-state index contributed by atoms with van der Waals surface area (Å²) in [5.41, 5.74) is 1.58. The summed E-state index contributed by atoms with van der Waals surface area (Å²) >= 11 is 1.42. The molecule has 3 rings (SSSR count). The topological polar surface area (TPSA) is 67.9 Å². The number of hydrogen-bond acceptors (Lipinski definition) is 5. The van der Waals surface area contributed by atoms with E-state index in [1.807, 2.05) is 42.5 Å². The molecule has 2 aromatic carbocycles. The second-order valence-electron chi connectivity index (χ2n) is 6.05. The summed E-state index contributed by atoms with van der Waals surface area (Å²) in [4.78, 5) is 26.7. The first kappa shape index (κ1) is 19.1. The number of ether oxygens (including phenoxy) is 2. The van der Waals surface area contributed by atoms with Gasteiger partial charge in [-0.2, -0.15) is 0 Å². The van der Waals surface area contributed by atoms with Crippen molar-refractivity contribution < 1.29 is 19.1 Å². The molecule has 2 amide bonds. The maximum Gasteiger partial charge on any atom is 0.234 e. The Bertz CT molecular complexity index is 823. The number of thioether (sulfide) groups is 1. The molecular weight excluding hydrogens is 364 g/mol. The molecule has 0 radical (unpaired) electrons. The minimum atomic E-state index is -0.0974. The monoisotopic (exact) mass is 386 g/mol. The number of methoxy groups -OCH3 is 2. The van der Waals surface area contributed by atoms with Crippen LogP contribution >= 0.6 is 11.8 Å². The minimum absolute atomic E-state index is 0.0974. The van der Waals surface area contributed by atoms with Gasteiger partial charge in [0.25, 0.3) is 0 Å². The van der Waals surface area contributed by atoms with Gasteiger partial charge in [-0.25, -0.2) is 0 Å². The van der Waals surface area contributed by atoms with Crippen molar-refractivity contribution >= 4 is 35.0 Å². The quantitative estimate of drug-likeness (QED) is 0.737. The lowest BCUT2D eigenvalue weighted by Crippen LogP contribution is -2.23. The molecule has 0 atom stereocenters. The zero-order valence-corrected chi connectivity index (χ0v) is 16.2. The van der Waals surface area contributed by atoms with E-state index in [-0.39, 0.29) is 17.6 Å². The highest BCUT2D eigenvalue weighted by molar-refractivity contribution is 8.00. The van der Waals surface area contributed by atoms with Gasteiger partial charge in [-0.1, -0.05) is 0 Å². The Morgan fingerprint density at radius 1 is 1.11 bits per heavy atom. The molecule has 0 bridgehead atoms. The summed E-state index contributed by atoms with van der Waals surface area (Å²) < 4.78 is 10.5. The van der Waals surface area contributed by atoms with Gasteiger partial charge in [-0.15, -0.1) is 11.8 Å². The third kappa shape index (κ3) is 4.74. The number of carbonyl (C=O) groups excluding carboxylic acids is 2. The number of nitrogens with one attached hydrogen (secondary N) is 1. The summed E-state index contributed by atoms with van der Waals surface area (Å²) in [6.45, 7) is 0.756. The molecule has 0 spiro atoms. The van der Waals surface area contributed by atoms with E-state index in [1.54, 1.807) is 19.1 Å². The standard InChI is InChI=1S/C20H22N2O4S/c1-25-17-10-9-16(12-18(17)26-2)27-13-19(23)21-14-5-7-15(8-6-14)22-11-3-4-20(22)24/h5-10,12H,3-4,11,13H2,1-2H3,(H,21,23). The summed E-state index contributed by atoms with van der Waals surface area (Å²) in [6.07, 6.45) is 1.50. The molecule has 1 aliphatic rings. The Morgan fingerprint density at radius 2 is 1.85 bits per heavy atom. The predicted molar refractivity (Wildman–Crippen MR) is 107 cm³/mol. The molecule has 1 heterocycles. The number of hydrogen-bond donors (Lipinski definition) is 1. The minimum Gasteiger partial charge on any atom is -0.493 e. The maximum absolute atomic E-state index is 12.2. The van der Waals surface area contributed by atoms with E-state index in [0.717, 1.165) is 23.5 Å². The van der Waals surface area contributed by atoms with Crippen LogP contribution in [-0.2, 0) is 9.59 Å². The van der Waals surface area contributed by atoms with Gasteiger partial charge < -0.3 is 19.7 Å². The molecule has 7 heteroatoms. The van der Waals surface area contributed by atoms with Gasteiger partial charge in [0.1, 0.15) is 0 Å². The van der Waals surface area contributed by atoms with Gasteiger partial charge in [0.15, 0.2) is 11.5 Å². The van der Waals surface area contributed by atoms with E-state index in [0.29, 0.717) is 23.6 Å². The number of rotatable bonds is 7. The van der Waals surface area contributed by atoms with Crippen LogP contribution in [-0.4, -0.2) is 38.3 Å². The van der Waals surface area contributed by atoms with Gasteiger partial charge in [0.2, 0.25) is 11.8 Å². The smallest absolute Gasteiger partial charge is 0.234 e. The lowest BCUT2D eigenvalue weighted by atomic mass is 10.2. The van der Waals surface area contributed by atoms with Crippen LogP contribution in [0.2, 0.25) is 0 Å². The molecule has 1 N–H and O–H groups in total. The second kappa shape index (κ2) is 8.81. The fourth-order valence-electron chi connectivity index (χ4n) is 2.90. The van der Waals surface area contributed by atoms with Gasteiger partial charge in [-0.3, -0.25) is 9.59 Å². The number of anilines is 2. The molecule has 142 valence electrons. The van der Waals surface area contributed by atoms with Gasteiger partial charge in [-0.05, 0) is 48.9 Å². The molecule has 2 aromatic rings. The lowest BCUT2D eigenvalue weighted by Gasteiger charge is -2.16. The number of nitrogens with zero attached hydrogens (tertiary/aromatic N) is 1. The van der Waals surface area contributed by atoms with Crippen LogP contribution in [0, 0.1) is 0 Å². The number of benzene rings is 2. The predicted octanol–water partition coefficient (Wildman–Crippen LogP) is 3.56. The Balaban J connectivity index is 1.54. The van der Waals surface area contributed by atoms with Crippen molar-refractivity contribution in [2.24, 2.45) is 0 Å². The SMILES string of the molecule is COc1ccc(SCC(=O)Nc2ccc(N3CCCC3=O)cc2)cc1OC. The fraction of sp³-hybridized carbons (Fsp3) is 0.300. The van der Waals surface area contributed by atoms with Crippen molar-refractivity contribution in [1.29, 1.82) is 0 Å². The van der Waals surface area contributed by atoms with Gasteiger partial charge in [0, 0.05) is 29.2 Å². The first-order chi connectivity index (χ1) is 13.1. The summed E-state index contributed by atoms with van der Waals surface area (Å²) in [5.74, 6) is 1.62. The third-order valence-electron chi connectivity index (χ3n) is 4.26. The third-order valence-corrected chi connectivity index (χ3v) is 5.25. The molecule has 0 aromatic heterocycles. The Morgan fingerprint density at radius 3 is 2.48 bits per heavy atom. The fourth-order valence-corrected chi connectivity index (χ4v) is 3.62. The first-order valence-electron chi connectivity index (χ1n) is 8.66. The van der Waals surface area contributed by atoms with Crippen LogP contribution in [0.1, 0.15) is 12.8 Å². The molecule has 1 fully saturated rings. The van der Waals surface area contributed by atoms with Gasteiger partial charge >= 0.3 is 0 Å². The van der Waals surface area contributed by atoms with Crippen LogP contribution in [0.5, 0.6) is 11.5 Å². The highest BCUT2D eigenvalue weighted by Crippen LogP contribution is 2.32. The zero-order chi connectivity index (χ0) is 19.2. The van der Waals surface area contributed by atoms with Crippen molar-refractivity contribution in [3.63, 3.8) is 0 Å². The molecule has 0 unspecified atom stereocenters. The van der Waals surface area contributed by atoms with Crippen LogP contribution in [0.4, 0.5) is 11.4 Å². The normalized spacial score (nSPS) is 13.6. The molecule has 0 aliphatic carbocycles. The van der Waals surface area contributed by atoms with Crippen molar-refractivity contribution in [1.82, 2.24) is 0 Å². The van der Waals surface area contributed by atoms with Crippen molar-refractivity contribution in [2.75, 3.05) is 36.7 Å². The van der Waals surface area contributed by atoms with E-state index in [4.69, 9.17) is 9.47 Å². The van der Waals surface area contributed by atoms with E-state index < -0.39 is 0 Å². The molecule has 1 aliphatic heterocycles. The van der Waals surface area contributed by atoms with Crippen LogP contribution < -0.4 is 19.7 Å². The number of amides is 2. The van der Waals surface area contributed by atoms with Crippen LogP contribution in [0.15, 0.2) is 47.4 Å². The van der Waals surface area contributed by atoms with Gasteiger partial charge in [0.05, 0.1) is 20.0 Å². The van der Waals surface area contributed by atoms with Crippen molar-refractivity contribution in [3.8, 4) is 11.5 Å². The molecule has 1 saturated heterocycles. The first-order valence-corrected chi connectivity index (χ1v) is 9.64. The molecule has 27 heavy (non-hydrogen) atoms. The molecule has 6 nitrogen and oxygen atoms in total. The Hall–Kier alpha value is -2.67. The van der Waals surface area contributed by atoms with E-state index >= 15 is 0 Å². The van der Waals surface area contributed by atoms with Crippen molar-refractivity contribution in [2.45, 2.75) is 17.7 Å². The van der Waals surface area contributed by atoms with Crippen LogP contribution in [0.3, 0.4) is 0 Å². The second-order valence-corrected chi connectivity index (χ2v) is 7.10. The average Bonchev–Trinajstić information content (AvgIpc) is 3.12. The zero-order valence-electron chi connectivity index (χ0n) is 15.4. The Kier molecular flexibility index (Phi) is 6.24. The Labute approximate surface area is 162 Å². The van der Waals surface area contributed by atoms with E-state index in [2.05, 4.69) is 5.32 Å².